The lowest BCUT2D eigenvalue weighted by Gasteiger charge is -2.11. The molecule has 0 unspecified atom stereocenters. The van der Waals surface area contributed by atoms with Gasteiger partial charge in [0.15, 0.2) is 11.5 Å². The lowest BCUT2D eigenvalue weighted by Crippen LogP contribution is -2.30. The predicted molar refractivity (Wildman–Crippen MR) is 96.7 cm³/mol. The number of methoxy groups -OCH3 is 2. The molecule has 0 aromatic heterocycles. The van der Waals surface area contributed by atoms with E-state index in [9.17, 15) is 4.79 Å². The van der Waals surface area contributed by atoms with E-state index in [1.807, 2.05) is 18.2 Å². The average molecular weight is 369 g/mol. The second-order valence-corrected chi connectivity index (χ2v) is 5.79. The summed E-state index contributed by atoms with van der Waals surface area (Å²) < 4.78 is 10.4. The van der Waals surface area contributed by atoms with Crippen molar-refractivity contribution in [3.8, 4) is 11.5 Å². The summed E-state index contributed by atoms with van der Waals surface area (Å²) in [4.78, 5) is 11.9. The van der Waals surface area contributed by atoms with E-state index >= 15 is 0 Å². The van der Waals surface area contributed by atoms with Crippen LogP contribution in [0.3, 0.4) is 0 Å². The summed E-state index contributed by atoms with van der Waals surface area (Å²) in [7, 11) is 3.17. The van der Waals surface area contributed by atoms with E-state index in [0.717, 1.165) is 5.56 Å². The molecule has 0 spiro atoms. The number of halogens is 2. The number of carbonyl (C=O) groups excluding carboxylic acids is 1. The van der Waals surface area contributed by atoms with Crippen molar-refractivity contribution in [3.63, 3.8) is 0 Å². The molecule has 0 fully saturated rings. The fourth-order valence-electron chi connectivity index (χ4n) is 2.12. The molecule has 0 saturated heterocycles. The number of ether oxygens (including phenoxy) is 2. The van der Waals surface area contributed by atoms with Gasteiger partial charge in [-0.25, -0.2) is 4.79 Å². The number of urea groups is 1. The van der Waals surface area contributed by atoms with Crippen molar-refractivity contribution in [2.24, 2.45) is 0 Å². The Balaban J connectivity index is 1.87. The van der Waals surface area contributed by atoms with Gasteiger partial charge in [-0.2, -0.15) is 0 Å². The SMILES string of the molecule is COc1ccc(CCNC(=O)Nc2cc(Cl)ccc2Cl)cc1OC. The van der Waals surface area contributed by atoms with Crippen LogP contribution in [0.4, 0.5) is 10.5 Å². The summed E-state index contributed by atoms with van der Waals surface area (Å²) in [6, 6.07) is 10.2. The van der Waals surface area contributed by atoms with Crippen LogP contribution in [0.25, 0.3) is 0 Å². The number of nitrogens with one attached hydrogen (secondary N) is 2. The summed E-state index contributed by atoms with van der Waals surface area (Å²) >= 11 is 11.9. The van der Waals surface area contributed by atoms with Gasteiger partial charge in [-0.15, -0.1) is 0 Å². The molecule has 0 aliphatic carbocycles. The Labute approximate surface area is 150 Å². The number of carbonyl (C=O) groups is 1. The van der Waals surface area contributed by atoms with Crippen LogP contribution in [0.2, 0.25) is 10.0 Å². The Bertz CT molecular complexity index is 723. The summed E-state index contributed by atoms with van der Waals surface area (Å²) in [6.45, 7) is 0.458. The zero-order valence-electron chi connectivity index (χ0n) is 13.4. The molecule has 0 aliphatic heterocycles. The molecule has 2 amide bonds. The number of amides is 2. The summed E-state index contributed by atoms with van der Waals surface area (Å²) in [5, 5.41) is 6.36. The van der Waals surface area contributed by atoms with E-state index in [0.29, 0.717) is 40.2 Å². The summed E-state index contributed by atoms with van der Waals surface area (Å²) in [6.07, 6.45) is 0.650. The van der Waals surface area contributed by atoms with Crippen LogP contribution in [0.5, 0.6) is 11.5 Å². The minimum Gasteiger partial charge on any atom is -0.493 e. The number of hydrogen-bond acceptors (Lipinski definition) is 3. The topological polar surface area (TPSA) is 59.6 Å². The van der Waals surface area contributed by atoms with Gasteiger partial charge in [-0.05, 0) is 42.3 Å². The van der Waals surface area contributed by atoms with Crippen LogP contribution < -0.4 is 20.1 Å². The Morgan fingerprint density at radius 3 is 2.50 bits per heavy atom. The molecule has 5 nitrogen and oxygen atoms in total. The Hall–Kier alpha value is -2.11. The van der Waals surface area contributed by atoms with Crippen molar-refractivity contribution in [2.45, 2.75) is 6.42 Å². The Kier molecular flexibility index (Phi) is 6.58. The second-order valence-electron chi connectivity index (χ2n) is 4.94. The third kappa shape index (κ3) is 4.94. The number of benzene rings is 2. The Morgan fingerprint density at radius 1 is 1.04 bits per heavy atom. The van der Waals surface area contributed by atoms with E-state index in [1.54, 1.807) is 32.4 Å². The number of rotatable bonds is 6. The average Bonchev–Trinajstić information content (AvgIpc) is 2.58. The lowest BCUT2D eigenvalue weighted by molar-refractivity contribution is 0.252. The first-order valence-electron chi connectivity index (χ1n) is 7.24. The molecule has 24 heavy (non-hydrogen) atoms. The van der Waals surface area contributed by atoms with Crippen molar-refractivity contribution in [2.75, 3.05) is 26.1 Å². The maximum Gasteiger partial charge on any atom is 0.319 e. The van der Waals surface area contributed by atoms with Gasteiger partial charge in [0.2, 0.25) is 0 Å². The van der Waals surface area contributed by atoms with Gasteiger partial charge in [0, 0.05) is 11.6 Å². The molecule has 2 aromatic carbocycles. The first-order chi connectivity index (χ1) is 11.5. The van der Waals surface area contributed by atoms with Gasteiger partial charge in [0.25, 0.3) is 0 Å². The summed E-state index contributed by atoms with van der Waals surface area (Å²) in [5.41, 5.74) is 1.49. The number of anilines is 1. The van der Waals surface area contributed by atoms with Gasteiger partial charge in [-0.1, -0.05) is 29.3 Å². The standard InChI is InChI=1S/C17H18Cl2N2O3/c1-23-15-6-3-11(9-16(15)24-2)7-8-20-17(22)21-14-10-12(18)4-5-13(14)19/h3-6,9-10H,7-8H2,1-2H3,(H2,20,21,22). The molecule has 0 heterocycles. The first-order valence-corrected chi connectivity index (χ1v) is 8.00. The normalized spacial score (nSPS) is 10.2. The van der Waals surface area contributed by atoms with Crippen LogP contribution >= 0.6 is 23.2 Å². The fourth-order valence-corrected chi connectivity index (χ4v) is 2.45. The van der Waals surface area contributed by atoms with E-state index in [2.05, 4.69) is 10.6 Å². The Morgan fingerprint density at radius 2 is 1.79 bits per heavy atom. The van der Waals surface area contributed by atoms with Crippen molar-refractivity contribution in [3.05, 3.63) is 52.0 Å². The minimum atomic E-state index is -0.348. The van der Waals surface area contributed by atoms with E-state index in [1.165, 1.54) is 0 Å². The summed E-state index contributed by atoms with van der Waals surface area (Å²) in [5.74, 6) is 1.33. The molecule has 0 radical (unpaired) electrons. The van der Waals surface area contributed by atoms with E-state index in [-0.39, 0.29) is 6.03 Å². The van der Waals surface area contributed by atoms with Crippen LogP contribution in [-0.2, 0) is 6.42 Å². The first kappa shape index (κ1) is 18.2. The molecule has 2 aromatic rings. The molecule has 0 aliphatic rings. The van der Waals surface area contributed by atoms with Crippen molar-refractivity contribution >= 4 is 34.9 Å². The largest absolute Gasteiger partial charge is 0.493 e. The third-order valence-electron chi connectivity index (χ3n) is 3.32. The van der Waals surface area contributed by atoms with Crippen molar-refractivity contribution in [1.82, 2.24) is 5.32 Å². The fraction of sp³-hybridized carbons (Fsp3) is 0.235. The van der Waals surface area contributed by atoms with Gasteiger partial charge >= 0.3 is 6.03 Å². The quantitative estimate of drug-likeness (QED) is 0.795. The monoisotopic (exact) mass is 368 g/mol. The molecule has 0 atom stereocenters. The van der Waals surface area contributed by atoms with Gasteiger partial charge in [0.05, 0.1) is 24.9 Å². The predicted octanol–water partition coefficient (Wildman–Crippen LogP) is 4.37. The molecule has 2 N–H and O–H groups in total. The molecule has 7 heteroatoms. The van der Waals surface area contributed by atoms with Crippen molar-refractivity contribution in [1.29, 1.82) is 0 Å². The van der Waals surface area contributed by atoms with Crippen LogP contribution in [-0.4, -0.2) is 26.8 Å². The molecular weight excluding hydrogens is 351 g/mol. The number of hydrogen-bond donors (Lipinski definition) is 2. The third-order valence-corrected chi connectivity index (χ3v) is 3.89. The molecular formula is C17H18Cl2N2O3. The zero-order chi connectivity index (χ0) is 17.5. The van der Waals surface area contributed by atoms with Gasteiger partial charge < -0.3 is 20.1 Å². The van der Waals surface area contributed by atoms with Crippen LogP contribution in [0, 0.1) is 0 Å². The second kappa shape index (κ2) is 8.66. The van der Waals surface area contributed by atoms with Crippen LogP contribution in [0.15, 0.2) is 36.4 Å². The minimum absolute atomic E-state index is 0.348. The molecule has 128 valence electrons. The highest BCUT2D eigenvalue weighted by atomic mass is 35.5. The highest BCUT2D eigenvalue weighted by Gasteiger charge is 2.07. The molecule has 2 rings (SSSR count). The van der Waals surface area contributed by atoms with E-state index in [4.69, 9.17) is 32.7 Å². The molecule has 0 saturated carbocycles. The molecule has 0 bridgehead atoms. The van der Waals surface area contributed by atoms with Crippen molar-refractivity contribution < 1.29 is 14.3 Å². The maximum atomic E-state index is 11.9. The van der Waals surface area contributed by atoms with E-state index < -0.39 is 0 Å². The van der Waals surface area contributed by atoms with Gasteiger partial charge in [-0.3, -0.25) is 0 Å². The highest BCUT2D eigenvalue weighted by molar-refractivity contribution is 6.35. The lowest BCUT2D eigenvalue weighted by atomic mass is 10.1. The maximum absolute atomic E-state index is 11.9. The van der Waals surface area contributed by atoms with Crippen LogP contribution in [0.1, 0.15) is 5.56 Å². The smallest absolute Gasteiger partial charge is 0.319 e. The zero-order valence-corrected chi connectivity index (χ0v) is 14.9. The highest BCUT2D eigenvalue weighted by Crippen LogP contribution is 2.27. The van der Waals surface area contributed by atoms with Gasteiger partial charge in [0.1, 0.15) is 0 Å².